The Morgan fingerprint density at radius 3 is 2.11 bits per heavy atom. The van der Waals surface area contributed by atoms with Crippen LogP contribution in [0.4, 0.5) is 0 Å². The van der Waals surface area contributed by atoms with E-state index in [2.05, 4.69) is 5.32 Å². The zero-order valence-corrected chi connectivity index (χ0v) is 17.0. The van der Waals surface area contributed by atoms with Crippen molar-refractivity contribution >= 4 is 23.4 Å². The summed E-state index contributed by atoms with van der Waals surface area (Å²) >= 11 is 0. The van der Waals surface area contributed by atoms with E-state index in [1.165, 1.54) is 0 Å². The van der Waals surface area contributed by atoms with Crippen molar-refractivity contribution in [2.75, 3.05) is 13.6 Å². The Morgan fingerprint density at radius 2 is 1.56 bits per heavy atom. The number of fused-ring (bicyclic) bond motifs is 1. The quantitative estimate of drug-likeness (QED) is 0.704. The van der Waals surface area contributed by atoms with Gasteiger partial charge < -0.3 is 10.4 Å². The van der Waals surface area contributed by atoms with Gasteiger partial charge in [-0.05, 0) is 45.5 Å². The molecule has 2 atom stereocenters. The summed E-state index contributed by atoms with van der Waals surface area (Å²) in [7, 11) is 1.80. The molecule has 0 fully saturated rings. The molecule has 0 aliphatic carbocycles. The van der Waals surface area contributed by atoms with Gasteiger partial charge in [-0.1, -0.05) is 42.5 Å². The highest BCUT2D eigenvalue weighted by Gasteiger charge is 2.30. The molecular formula is C21H28ClN3O2. The molecule has 0 aliphatic rings. The van der Waals surface area contributed by atoms with Crippen LogP contribution in [0.5, 0.6) is 0 Å². The average molecular weight is 390 g/mol. The minimum absolute atomic E-state index is 0. The topological polar surface area (TPSA) is 59.2 Å². The van der Waals surface area contributed by atoms with E-state index in [-0.39, 0.29) is 23.6 Å². The Morgan fingerprint density at radius 1 is 1.00 bits per heavy atom. The van der Waals surface area contributed by atoms with E-state index >= 15 is 0 Å². The molecule has 0 amide bonds. The summed E-state index contributed by atoms with van der Waals surface area (Å²) in [4.78, 5) is 13.5. The standard InChI is InChI=1S/C21H27N3O2.ClH/c1-21(2,3)24-17-13-9-8-12-16(17)23(20(24)26)19(18(25)14-22-4)15-10-6-5-7-11-15;/h5-13,18-19,22,25H,14H2,1-4H3;1H/t18-,19+;/m1./s1. The molecular weight excluding hydrogens is 362 g/mol. The van der Waals surface area contributed by atoms with Crippen molar-refractivity contribution in [2.24, 2.45) is 0 Å². The van der Waals surface area contributed by atoms with Crippen molar-refractivity contribution in [1.82, 2.24) is 14.5 Å². The van der Waals surface area contributed by atoms with Crippen LogP contribution < -0.4 is 11.0 Å². The second kappa shape index (κ2) is 8.30. The number of benzene rings is 2. The Kier molecular flexibility index (Phi) is 6.52. The van der Waals surface area contributed by atoms with Crippen molar-refractivity contribution < 1.29 is 5.11 Å². The molecule has 0 unspecified atom stereocenters. The Hall–Kier alpha value is -2.08. The molecule has 1 aromatic heterocycles. The highest BCUT2D eigenvalue weighted by atomic mass is 35.5. The molecule has 0 saturated heterocycles. The van der Waals surface area contributed by atoms with Gasteiger partial charge in [0.2, 0.25) is 0 Å². The monoisotopic (exact) mass is 389 g/mol. The molecule has 0 saturated carbocycles. The molecule has 146 valence electrons. The van der Waals surface area contributed by atoms with Crippen molar-refractivity contribution in [3.05, 3.63) is 70.6 Å². The minimum atomic E-state index is -0.737. The first-order valence-corrected chi connectivity index (χ1v) is 8.96. The van der Waals surface area contributed by atoms with Crippen LogP contribution in [0.2, 0.25) is 0 Å². The lowest BCUT2D eigenvalue weighted by atomic mass is 10.0. The van der Waals surface area contributed by atoms with E-state index in [1.807, 2.05) is 79.9 Å². The fraction of sp³-hybridized carbons (Fsp3) is 0.381. The lowest BCUT2D eigenvalue weighted by Crippen LogP contribution is -2.41. The van der Waals surface area contributed by atoms with Crippen molar-refractivity contribution in [1.29, 1.82) is 0 Å². The number of nitrogens with zero attached hydrogens (tertiary/aromatic N) is 2. The van der Waals surface area contributed by atoms with Gasteiger partial charge in [0.15, 0.2) is 0 Å². The zero-order valence-electron chi connectivity index (χ0n) is 16.2. The highest BCUT2D eigenvalue weighted by molar-refractivity contribution is 5.85. The van der Waals surface area contributed by atoms with Gasteiger partial charge in [0.05, 0.1) is 23.2 Å². The van der Waals surface area contributed by atoms with Gasteiger partial charge in [-0.15, -0.1) is 12.4 Å². The largest absolute Gasteiger partial charge is 0.389 e. The predicted molar refractivity (Wildman–Crippen MR) is 113 cm³/mol. The highest BCUT2D eigenvalue weighted by Crippen LogP contribution is 2.28. The van der Waals surface area contributed by atoms with Gasteiger partial charge in [0, 0.05) is 12.1 Å². The number of nitrogens with one attached hydrogen (secondary N) is 1. The Labute approximate surface area is 166 Å². The van der Waals surface area contributed by atoms with Crippen LogP contribution in [-0.2, 0) is 5.54 Å². The maximum Gasteiger partial charge on any atom is 0.330 e. The van der Waals surface area contributed by atoms with E-state index < -0.39 is 12.1 Å². The number of aliphatic hydroxyl groups is 1. The summed E-state index contributed by atoms with van der Waals surface area (Å²) in [6, 6.07) is 17.0. The van der Waals surface area contributed by atoms with Crippen LogP contribution in [0, 0.1) is 0 Å². The number of aromatic nitrogens is 2. The van der Waals surface area contributed by atoms with Gasteiger partial charge in [0.25, 0.3) is 0 Å². The first kappa shape index (κ1) is 21.2. The van der Waals surface area contributed by atoms with E-state index in [0.717, 1.165) is 16.6 Å². The fourth-order valence-corrected chi connectivity index (χ4v) is 3.60. The molecule has 6 heteroatoms. The van der Waals surface area contributed by atoms with Crippen molar-refractivity contribution in [2.45, 2.75) is 38.5 Å². The second-order valence-electron chi connectivity index (χ2n) is 7.63. The SMILES string of the molecule is CNC[C@@H](O)[C@H](c1ccccc1)n1c(=O)n(C(C)(C)C)c2ccccc21.Cl. The number of imidazole rings is 1. The summed E-state index contributed by atoms with van der Waals surface area (Å²) in [5.74, 6) is 0. The second-order valence-corrected chi connectivity index (χ2v) is 7.63. The average Bonchev–Trinajstić information content (AvgIpc) is 2.89. The predicted octanol–water partition coefficient (Wildman–Crippen LogP) is 3.15. The van der Waals surface area contributed by atoms with E-state index in [9.17, 15) is 9.90 Å². The maximum atomic E-state index is 13.5. The number of likely N-dealkylation sites (N-methyl/N-ethyl adjacent to an activating group) is 1. The summed E-state index contributed by atoms with van der Waals surface area (Å²) in [5, 5.41) is 13.9. The maximum absolute atomic E-state index is 13.5. The lowest BCUT2D eigenvalue weighted by Gasteiger charge is -2.25. The number of aliphatic hydroxyl groups excluding tert-OH is 1. The van der Waals surface area contributed by atoms with Crippen LogP contribution in [0.15, 0.2) is 59.4 Å². The van der Waals surface area contributed by atoms with E-state index in [4.69, 9.17) is 0 Å². The lowest BCUT2D eigenvalue weighted by molar-refractivity contribution is 0.129. The Balaban J connectivity index is 0.00000261. The van der Waals surface area contributed by atoms with Gasteiger partial charge >= 0.3 is 5.69 Å². The fourth-order valence-electron chi connectivity index (χ4n) is 3.60. The zero-order chi connectivity index (χ0) is 18.9. The molecule has 0 radical (unpaired) electrons. The summed E-state index contributed by atoms with van der Waals surface area (Å²) in [5.41, 5.74) is 2.15. The molecule has 0 aliphatic heterocycles. The molecule has 1 heterocycles. The normalized spacial score (nSPS) is 14.0. The molecule has 5 nitrogen and oxygen atoms in total. The van der Waals surface area contributed by atoms with Crippen LogP contribution in [0.1, 0.15) is 32.4 Å². The third-order valence-electron chi connectivity index (χ3n) is 4.65. The number of halogens is 1. The smallest absolute Gasteiger partial charge is 0.330 e. The third kappa shape index (κ3) is 3.95. The van der Waals surface area contributed by atoms with E-state index in [1.54, 1.807) is 11.6 Å². The van der Waals surface area contributed by atoms with Gasteiger partial charge in [0.1, 0.15) is 0 Å². The molecule has 3 aromatic rings. The van der Waals surface area contributed by atoms with E-state index in [0.29, 0.717) is 6.54 Å². The first-order chi connectivity index (χ1) is 12.4. The molecule has 27 heavy (non-hydrogen) atoms. The molecule has 2 N–H and O–H groups in total. The minimum Gasteiger partial charge on any atom is -0.389 e. The number of hydrogen-bond acceptors (Lipinski definition) is 3. The van der Waals surface area contributed by atoms with Crippen molar-refractivity contribution in [3.8, 4) is 0 Å². The summed E-state index contributed by atoms with van der Waals surface area (Å²) < 4.78 is 3.54. The third-order valence-corrected chi connectivity index (χ3v) is 4.65. The van der Waals surface area contributed by atoms with Crippen LogP contribution in [-0.4, -0.2) is 33.9 Å². The molecule has 2 aromatic carbocycles. The number of rotatable bonds is 5. The van der Waals surface area contributed by atoms with Crippen LogP contribution in [0.3, 0.4) is 0 Å². The molecule has 0 bridgehead atoms. The van der Waals surface area contributed by atoms with Crippen LogP contribution >= 0.6 is 12.4 Å². The van der Waals surface area contributed by atoms with Gasteiger partial charge in [-0.2, -0.15) is 0 Å². The van der Waals surface area contributed by atoms with Crippen molar-refractivity contribution in [3.63, 3.8) is 0 Å². The van der Waals surface area contributed by atoms with Gasteiger partial charge in [-0.25, -0.2) is 4.79 Å². The van der Waals surface area contributed by atoms with Crippen LogP contribution in [0.25, 0.3) is 11.0 Å². The van der Waals surface area contributed by atoms with Gasteiger partial charge in [-0.3, -0.25) is 9.13 Å². The molecule has 3 rings (SSSR count). The number of hydrogen-bond donors (Lipinski definition) is 2. The summed E-state index contributed by atoms with van der Waals surface area (Å²) in [6.07, 6.45) is -0.737. The Bertz CT molecular complexity index is 941. The first-order valence-electron chi connectivity index (χ1n) is 8.96. The number of para-hydroxylation sites is 2. The molecule has 0 spiro atoms. The summed E-state index contributed by atoms with van der Waals surface area (Å²) in [6.45, 7) is 6.45.